The maximum absolute atomic E-state index is 11.6. The first kappa shape index (κ1) is 13.1. The van der Waals surface area contributed by atoms with E-state index in [1.807, 2.05) is 26.1 Å². The smallest absolute Gasteiger partial charge is 0.221 e. The van der Waals surface area contributed by atoms with E-state index in [0.29, 0.717) is 13.0 Å². The van der Waals surface area contributed by atoms with Gasteiger partial charge in [0.2, 0.25) is 5.91 Å². The molecule has 1 aromatic rings. The summed E-state index contributed by atoms with van der Waals surface area (Å²) >= 11 is 0. The molecule has 4 heteroatoms. The van der Waals surface area contributed by atoms with Crippen LogP contribution in [0.1, 0.15) is 50.5 Å². The Balaban J connectivity index is 1.96. The predicted octanol–water partition coefficient (Wildman–Crippen LogP) is 1.77. The standard InChI is InChI=1S/C14H22N2O2/c1-10(2)15-14(18)7-9-16-8-6-11-12(16)4-3-5-13(11)17/h6,8,10,13,17H,3-5,7,9H2,1-2H3,(H,15,18). The Hall–Kier alpha value is -1.29. The lowest BCUT2D eigenvalue weighted by atomic mass is 9.95. The third-order valence-corrected chi connectivity index (χ3v) is 3.39. The van der Waals surface area contributed by atoms with Crippen LogP contribution in [0.25, 0.3) is 0 Å². The first-order chi connectivity index (χ1) is 8.58. The van der Waals surface area contributed by atoms with Crippen LogP contribution in [-0.2, 0) is 17.8 Å². The topological polar surface area (TPSA) is 54.3 Å². The summed E-state index contributed by atoms with van der Waals surface area (Å²) in [6.07, 6.45) is 5.04. The average Bonchev–Trinajstić information content (AvgIpc) is 2.70. The lowest BCUT2D eigenvalue weighted by Crippen LogP contribution is -2.30. The minimum absolute atomic E-state index is 0.0869. The SMILES string of the molecule is CC(C)NC(=O)CCn1ccc2c1CCCC2O. The van der Waals surface area contributed by atoms with E-state index in [2.05, 4.69) is 9.88 Å². The average molecular weight is 250 g/mol. The van der Waals surface area contributed by atoms with Gasteiger partial charge in [-0.15, -0.1) is 0 Å². The zero-order chi connectivity index (χ0) is 13.1. The second-order valence-corrected chi connectivity index (χ2v) is 5.29. The van der Waals surface area contributed by atoms with E-state index < -0.39 is 0 Å². The van der Waals surface area contributed by atoms with Crippen molar-refractivity contribution in [2.45, 2.75) is 58.2 Å². The molecule has 0 spiro atoms. The van der Waals surface area contributed by atoms with Gasteiger partial charge < -0.3 is 15.0 Å². The fourth-order valence-electron chi connectivity index (χ4n) is 2.56. The number of rotatable bonds is 4. The maximum Gasteiger partial charge on any atom is 0.221 e. The van der Waals surface area contributed by atoms with Gasteiger partial charge >= 0.3 is 0 Å². The molecule has 1 aliphatic carbocycles. The fourth-order valence-corrected chi connectivity index (χ4v) is 2.56. The monoisotopic (exact) mass is 250 g/mol. The molecule has 0 radical (unpaired) electrons. The number of carbonyl (C=O) groups is 1. The molecule has 1 aliphatic rings. The lowest BCUT2D eigenvalue weighted by molar-refractivity contribution is -0.121. The fraction of sp³-hybridized carbons (Fsp3) is 0.643. The molecule has 100 valence electrons. The van der Waals surface area contributed by atoms with Gasteiger partial charge in [0.1, 0.15) is 0 Å². The second kappa shape index (κ2) is 5.57. The van der Waals surface area contributed by atoms with E-state index >= 15 is 0 Å². The Labute approximate surface area is 108 Å². The molecule has 2 N–H and O–H groups in total. The van der Waals surface area contributed by atoms with E-state index in [9.17, 15) is 9.90 Å². The first-order valence-corrected chi connectivity index (χ1v) is 6.73. The van der Waals surface area contributed by atoms with Gasteiger partial charge in [-0.2, -0.15) is 0 Å². The van der Waals surface area contributed by atoms with Gasteiger partial charge in [0.15, 0.2) is 0 Å². The van der Waals surface area contributed by atoms with Crippen molar-refractivity contribution < 1.29 is 9.90 Å². The van der Waals surface area contributed by atoms with E-state index in [-0.39, 0.29) is 18.1 Å². The summed E-state index contributed by atoms with van der Waals surface area (Å²) in [5.74, 6) is 0.0869. The molecule has 4 nitrogen and oxygen atoms in total. The Morgan fingerprint density at radius 3 is 3.11 bits per heavy atom. The lowest BCUT2D eigenvalue weighted by Gasteiger charge is -2.20. The molecular formula is C14H22N2O2. The zero-order valence-electron chi connectivity index (χ0n) is 11.1. The van der Waals surface area contributed by atoms with Crippen LogP contribution >= 0.6 is 0 Å². The van der Waals surface area contributed by atoms with E-state index in [1.54, 1.807) is 0 Å². The molecular weight excluding hydrogens is 228 g/mol. The number of aliphatic hydroxyl groups is 1. The van der Waals surface area contributed by atoms with Gasteiger partial charge in [-0.25, -0.2) is 0 Å². The van der Waals surface area contributed by atoms with Crippen LogP contribution in [0.4, 0.5) is 0 Å². The molecule has 0 aliphatic heterocycles. The molecule has 2 rings (SSSR count). The Morgan fingerprint density at radius 1 is 1.61 bits per heavy atom. The van der Waals surface area contributed by atoms with E-state index in [1.165, 1.54) is 5.69 Å². The normalized spacial score (nSPS) is 18.8. The molecule has 18 heavy (non-hydrogen) atoms. The molecule has 1 unspecified atom stereocenters. The molecule has 0 bridgehead atoms. The number of fused-ring (bicyclic) bond motifs is 1. The molecule has 1 aromatic heterocycles. The van der Waals surface area contributed by atoms with Crippen LogP contribution in [0.15, 0.2) is 12.3 Å². The van der Waals surface area contributed by atoms with Gasteiger partial charge in [-0.1, -0.05) is 0 Å². The van der Waals surface area contributed by atoms with Crippen molar-refractivity contribution >= 4 is 5.91 Å². The van der Waals surface area contributed by atoms with Crippen LogP contribution in [0.3, 0.4) is 0 Å². The summed E-state index contributed by atoms with van der Waals surface area (Å²) in [4.78, 5) is 11.6. The van der Waals surface area contributed by atoms with Crippen LogP contribution in [0.2, 0.25) is 0 Å². The summed E-state index contributed by atoms with van der Waals surface area (Å²) in [5.41, 5.74) is 2.25. The number of hydrogen-bond donors (Lipinski definition) is 2. The minimum atomic E-state index is -0.320. The number of hydrogen-bond acceptors (Lipinski definition) is 2. The number of carbonyl (C=O) groups excluding carboxylic acids is 1. The summed E-state index contributed by atoms with van der Waals surface area (Å²) in [7, 11) is 0. The van der Waals surface area contributed by atoms with E-state index in [4.69, 9.17) is 0 Å². The Morgan fingerprint density at radius 2 is 2.39 bits per heavy atom. The van der Waals surface area contributed by atoms with Crippen molar-refractivity contribution in [1.29, 1.82) is 0 Å². The Bertz CT molecular complexity index is 423. The second-order valence-electron chi connectivity index (χ2n) is 5.29. The zero-order valence-corrected chi connectivity index (χ0v) is 11.1. The van der Waals surface area contributed by atoms with Gasteiger partial charge in [-0.3, -0.25) is 4.79 Å². The molecule has 1 amide bonds. The number of aromatic nitrogens is 1. The number of amides is 1. The molecule has 1 atom stereocenters. The highest BCUT2D eigenvalue weighted by atomic mass is 16.3. The van der Waals surface area contributed by atoms with Crippen LogP contribution in [0.5, 0.6) is 0 Å². The van der Waals surface area contributed by atoms with Crippen LogP contribution in [-0.4, -0.2) is 21.6 Å². The number of aryl methyl sites for hydroxylation is 1. The van der Waals surface area contributed by atoms with E-state index in [0.717, 1.165) is 24.8 Å². The van der Waals surface area contributed by atoms with Gasteiger partial charge in [0.25, 0.3) is 0 Å². The molecule has 0 saturated carbocycles. The molecule has 0 aromatic carbocycles. The summed E-state index contributed by atoms with van der Waals surface area (Å²) in [6, 6.07) is 2.18. The quantitative estimate of drug-likeness (QED) is 0.855. The van der Waals surface area contributed by atoms with Crippen molar-refractivity contribution in [3.63, 3.8) is 0 Å². The highest BCUT2D eigenvalue weighted by Gasteiger charge is 2.21. The minimum Gasteiger partial charge on any atom is -0.388 e. The third kappa shape index (κ3) is 2.93. The summed E-state index contributed by atoms with van der Waals surface area (Å²) in [6.45, 7) is 4.62. The number of aliphatic hydroxyl groups excluding tert-OH is 1. The largest absolute Gasteiger partial charge is 0.388 e. The number of nitrogens with one attached hydrogen (secondary N) is 1. The molecule has 1 heterocycles. The van der Waals surface area contributed by atoms with Crippen molar-refractivity contribution in [2.75, 3.05) is 0 Å². The van der Waals surface area contributed by atoms with Crippen molar-refractivity contribution in [3.05, 3.63) is 23.5 Å². The van der Waals surface area contributed by atoms with Crippen molar-refractivity contribution in [3.8, 4) is 0 Å². The predicted molar refractivity (Wildman–Crippen MR) is 70.2 cm³/mol. The van der Waals surface area contributed by atoms with Crippen LogP contribution in [0, 0.1) is 0 Å². The third-order valence-electron chi connectivity index (χ3n) is 3.39. The molecule has 0 fully saturated rings. The number of nitrogens with zero attached hydrogens (tertiary/aromatic N) is 1. The summed E-state index contributed by atoms with van der Waals surface area (Å²) in [5, 5.41) is 12.8. The maximum atomic E-state index is 11.6. The highest BCUT2D eigenvalue weighted by molar-refractivity contribution is 5.76. The van der Waals surface area contributed by atoms with Crippen LogP contribution < -0.4 is 5.32 Å². The van der Waals surface area contributed by atoms with Crippen molar-refractivity contribution in [1.82, 2.24) is 9.88 Å². The first-order valence-electron chi connectivity index (χ1n) is 6.73. The van der Waals surface area contributed by atoms with Gasteiger partial charge in [0.05, 0.1) is 6.10 Å². The summed E-state index contributed by atoms with van der Waals surface area (Å²) < 4.78 is 2.11. The Kier molecular flexibility index (Phi) is 4.07. The highest BCUT2D eigenvalue weighted by Crippen LogP contribution is 2.30. The van der Waals surface area contributed by atoms with Crippen molar-refractivity contribution in [2.24, 2.45) is 0 Å². The van der Waals surface area contributed by atoms with Gasteiger partial charge in [-0.05, 0) is 39.2 Å². The molecule has 0 saturated heterocycles. The van der Waals surface area contributed by atoms with Gasteiger partial charge in [0, 0.05) is 36.5 Å².